The second kappa shape index (κ2) is 8.97. The molecule has 6 nitrogen and oxygen atoms in total. The van der Waals surface area contributed by atoms with Gasteiger partial charge < -0.3 is 19.5 Å². The van der Waals surface area contributed by atoms with E-state index in [0.717, 1.165) is 5.56 Å². The molecule has 0 heterocycles. The zero-order chi connectivity index (χ0) is 15.7. The van der Waals surface area contributed by atoms with Crippen LogP contribution >= 0.6 is 0 Å². The number of rotatable bonds is 9. The van der Waals surface area contributed by atoms with Crippen LogP contribution in [0, 0.1) is 0 Å². The van der Waals surface area contributed by atoms with Gasteiger partial charge in [-0.1, -0.05) is 12.1 Å². The lowest BCUT2D eigenvalue weighted by atomic mass is 10.2. The van der Waals surface area contributed by atoms with E-state index in [4.69, 9.17) is 14.6 Å². The molecule has 0 aliphatic heterocycles. The normalized spacial score (nSPS) is 10.2. The number of carboxylic acids is 1. The van der Waals surface area contributed by atoms with Crippen molar-refractivity contribution in [2.75, 3.05) is 27.4 Å². The number of methoxy groups -OCH3 is 1. The second-order valence-corrected chi connectivity index (χ2v) is 4.67. The highest BCUT2D eigenvalue weighted by Crippen LogP contribution is 2.13. The molecule has 0 aromatic heterocycles. The summed E-state index contributed by atoms with van der Waals surface area (Å²) in [7, 11) is 3.37. The molecule has 0 unspecified atom stereocenters. The molecule has 116 valence electrons. The van der Waals surface area contributed by atoms with Crippen LogP contribution in [-0.2, 0) is 20.9 Å². The lowest BCUT2D eigenvalue weighted by Crippen LogP contribution is -2.26. The van der Waals surface area contributed by atoms with Gasteiger partial charge in [0.25, 0.3) is 0 Å². The van der Waals surface area contributed by atoms with Crippen molar-refractivity contribution in [1.29, 1.82) is 0 Å². The van der Waals surface area contributed by atoms with Gasteiger partial charge in [0.05, 0.1) is 0 Å². The Balaban J connectivity index is 2.43. The molecular formula is C15H21NO5. The molecule has 1 aromatic carbocycles. The first-order valence-corrected chi connectivity index (χ1v) is 6.69. The molecule has 1 amide bonds. The average molecular weight is 295 g/mol. The first-order chi connectivity index (χ1) is 10.0. The lowest BCUT2D eigenvalue weighted by molar-refractivity contribution is -0.139. The summed E-state index contributed by atoms with van der Waals surface area (Å²) in [5, 5.41) is 8.52. The van der Waals surface area contributed by atoms with E-state index in [-0.39, 0.29) is 12.5 Å². The smallest absolute Gasteiger partial charge is 0.341 e. The fourth-order valence-corrected chi connectivity index (χ4v) is 1.76. The van der Waals surface area contributed by atoms with Crippen molar-refractivity contribution in [2.24, 2.45) is 0 Å². The Morgan fingerprint density at radius 3 is 2.48 bits per heavy atom. The highest BCUT2D eigenvalue weighted by atomic mass is 16.5. The van der Waals surface area contributed by atoms with Crippen molar-refractivity contribution < 1.29 is 24.2 Å². The summed E-state index contributed by atoms with van der Waals surface area (Å²) in [6.07, 6.45) is 1.17. The maximum absolute atomic E-state index is 11.8. The maximum Gasteiger partial charge on any atom is 0.341 e. The van der Waals surface area contributed by atoms with Crippen molar-refractivity contribution in [3.63, 3.8) is 0 Å². The highest BCUT2D eigenvalue weighted by molar-refractivity contribution is 5.75. The number of carbonyl (C=O) groups is 2. The van der Waals surface area contributed by atoms with Crippen LogP contribution < -0.4 is 4.74 Å². The Bertz CT molecular complexity index is 458. The van der Waals surface area contributed by atoms with Crippen LogP contribution in [0.5, 0.6) is 5.75 Å². The van der Waals surface area contributed by atoms with E-state index < -0.39 is 5.97 Å². The van der Waals surface area contributed by atoms with Crippen LogP contribution in [0.2, 0.25) is 0 Å². The van der Waals surface area contributed by atoms with Gasteiger partial charge in [0, 0.05) is 33.7 Å². The molecule has 1 N–H and O–H groups in total. The van der Waals surface area contributed by atoms with Crippen LogP contribution in [0.3, 0.4) is 0 Å². The molecule has 0 radical (unpaired) electrons. The number of amides is 1. The van der Waals surface area contributed by atoms with Crippen molar-refractivity contribution in [2.45, 2.75) is 19.4 Å². The number of benzene rings is 1. The fraction of sp³-hybridized carbons (Fsp3) is 0.467. The number of hydrogen-bond donors (Lipinski definition) is 1. The molecule has 0 aliphatic rings. The topological polar surface area (TPSA) is 76.1 Å². The SMILES string of the molecule is COCCCC(=O)N(C)Cc1ccc(OCC(=O)O)cc1. The second-order valence-electron chi connectivity index (χ2n) is 4.67. The summed E-state index contributed by atoms with van der Waals surface area (Å²) in [6, 6.07) is 7.02. The summed E-state index contributed by atoms with van der Waals surface area (Å²) < 4.78 is 9.96. The zero-order valence-corrected chi connectivity index (χ0v) is 12.4. The van der Waals surface area contributed by atoms with E-state index in [0.29, 0.717) is 31.7 Å². The van der Waals surface area contributed by atoms with Crippen molar-refractivity contribution in [3.8, 4) is 5.75 Å². The van der Waals surface area contributed by atoms with Gasteiger partial charge in [0.2, 0.25) is 5.91 Å². The number of carboxylic acid groups (broad SMARTS) is 1. The Hall–Kier alpha value is -2.08. The van der Waals surface area contributed by atoms with E-state index in [1.54, 1.807) is 31.2 Å². The monoisotopic (exact) mass is 295 g/mol. The van der Waals surface area contributed by atoms with E-state index in [2.05, 4.69) is 0 Å². The molecule has 0 aliphatic carbocycles. The largest absolute Gasteiger partial charge is 0.482 e. The Kier molecular flexibility index (Phi) is 7.25. The van der Waals surface area contributed by atoms with Crippen LogP contribution in [0.4, 0.5) is 0 Å². The number of carbonyl (C=O) groups excluding carboxylic acids is 1. The third-order valence-corrected chi connectivity index (χ3v) is 2.87. The molecule has 6 heteroatoms. The summed E-state index contributed by atoms with van der Waals surface area (Å²) in [6.45, 7) is 0.720. The summed E-state index contributed by atoms with van der Waals surface area (Å²) >= 11 is 0. The molecule has 1 aromatic rings. The molecule has 0 spiro atoms. The molecular weight excluding hydrogens is 274 g/mol. The minimum absolute atomic E-state index is 0.0678. The third kappa shape index (κ3) is 6.76. The Morgan fingerprint density at radius 2 is 1.90 bits per heavy atom. The van der Waals surface area contributed by atoms with Crippen LogP contribution in [-0.4, -0.2) is 49.3 Å². The first kappa shape index (κ1) is 17.0. The standard InChI is InChI=1S/C15H21NO5/c1-16(14(17)4-3-9-20-2)10-12-5-7-13(8-6-12)21-11-15(18)19/h5-8H,3-4,9-11H2,1-2H3,(H,18,19). The van der Waals surface area contributed by atoms with Crippen LogP contribution in [0.25, 0.3) is 0 Å². The van der Waals surface area contributed by atoms with Crippen molar-refractivity contribution >= 4 is 11.9 Å². The van der Waals surface area contributed by atoms with E-state index in [1.165, 1.54) is 0 Å². The molecule has 0 bridgehead atoms. The molecule has 0 atom stereocenters. The minimum atomic E-state index is -1.01. The zero-order valence-electron chi connectivity index (χ0n) is 12.4. The van der Waals surface area contributed by atoms with Gasteiger partial charge >= 0.3 is 5.97 Å². The molecule has 1 rings (SSSR count). The number of ether oxygens (including phenoxy) is 2. The molecule has 0 saturated carbocycles. The molecule has 0 saturated heterocycles. The van der Waals surface area contributed by atoms with Crippen molar-refractivity contribution in [3.05, 3.63) is 29.8 Å². The quantitative estimate of drug-likeness (QED) is 0.699. The highest BCUT2D eigenvalue weighted by Gasteiger charge is 2.09. The summed E-state index contributed by atoms with van der Waals surface area (Å²) in [5.74, 6) is -0.450. The van der Waals surface area contributed by atoms with Gasteiger partial charge in [-0.2, -0.15) is 0 Å². The summed E-state index contributed by atoms with van der Waals surface area (Å²) in [4.78, 5) is 23.9. The number of aliphatic carboxylic acids is 1. The minimum Gasteiger partial charge on any atom is -0.482 e. The Morgan fingerprint density at radius 1 is 1.24 bits per heavy atom. The van der Waals surface area contributed by atoms with Gasteiger partial charge in [0.15, 0.2) is 6.61 Å². The first-order valence-electron chi connectivity index (χ1n) is 6.69. The van der Waals surface area contributed by atoms with Gasteiger partial charge in [0.1, 0.15) is 5.75 Å². The number of hydrogen-bond acceptors (Lipinski definition) is 4. The predicted octanol–water partition coefficient (Wildman–Crippen LogP) is 1.54. The molecule has 0 fully saturated rings. The van der Waals surface area contributed by atoms with E-state index in [1.807, 2.05) is 12.1 Å². The number of nitrogens with zero attached hydrogens (tertiary/aromatic N) is 1. The average Bonchev–Trinajstić information content (AvgIpc) is 2.46. The van der Waals surface area contributed by atoms with E-state index >= 15 is 0 Å². The maximum atomic E-state index is 11.8. The van der Waals surface area contributed by atoms with Gasteiger partial charge in [-0.25, -0.2) is 4.79 Å². The van der Waals surface area contributed by atoms with E-state index in [9.17, 15) is 9.59 Å². The molecule has 21 heavy (non-hydrogen) atoms. The third-order valence-electron chi connectivity index (χ3n) is 2.87. The van der Waals surface area contributed by atoms with Crippen LogP contribution in [0.1, 0.15) is 18.4 Å². The lowest BCUT2D eigenvalue weighted by Gasteiger charge is -2.17. The Labute approximate surface area is 124 Å². The fourth-order valence-electron chi connectivity index (χ4n) is 1.76. The van der Waals surface area contributed by atoms with Crippen LogP contribution in [0.15, 0.2) is 24.3 Å². The van der Waals surface area contributed by atoms with Gasteiger partial charge in [-0.15, -0.1) is 0 Å². The summed E-state index contributed by atoms with van der Waals surface area (Å²) in [5.41, 5.74) is 0.959. The van der Waals surface area contributed by atoms with Gasteiger partial charge in [-0.3, -0.25) is 4.79 Å². The predicted molar refractivity (Wildman–Crippen MR) is 77.2 cm³/mol. The van der Waals surface area contributed by atoms with Gasteiger partial charge in [-0.05, 0) is 24.1 Å². The van der Waals surface area contributed by atoms with Crippen molar-refractivity contribution in [1.82, 2.24) is 4.90 Å².